The number of anilines is 1. The van der Waals surface area contributed by atoms with Crippen LogP contribution < -0.4 is 4.90 Å². The molecule has 6 nitrogen and oxygen atoms in total. The third-order valence-corrected chi connectivity index (χ3v) is 3.03. The van der Waals surface area contributed by atoms with E-state index in [0.29, 0.717) is 0 Å². The molecule has 84 valence electrons. The van der Waals surface area contributed by atoms with Gasteiger partial charge in [0.05, 0.1) is 24.2 Å². The number of rotatable bonds is 2. The topological polar surface area (TPSA) is 77.9 Å². The van der Waals surface area contributed by atoms with Crippen molar-refractivity contribution in [2.45, 2.75) is 19.4 Å². The van der Waals surface area contributed by atoms with Crippen LogP contribution in [0, 0.1) is 6.92 Å². The zero-order valence-electron chi connectivity index (χ0n) is 9.01. The second-order valence-electron chi connectivity index (χ2n) is 4.05. The monoisotopic (exact) mass is 219 g/mol. The largest absolute Gasteiger partial charge is 0.394 e. The maximum absolute atomic E-state index is 9.20. The Morgan fingerprint density at radius 3 is 3.12 bits per heavy atom. The van der Waals surface area contributed by atoms with E-state index in [4.69, 9.17) is 0 Å². The molecule has 1 unspecified atom stereocenters. The molecule has 1 atom stereocenters. The summed E-state index contributed by atoms with van der Waals surface area (Å²) in [5.74, 6) is 1.59. The Hall–Kier alpha value is -1.69. The fraction of sp³-hybridized carbons (Fsp3) is 0.500. The van der Waals surface area contributed by atoms with Crippen molar-refractivity contribution < 1.29 is 5.11 Å². The molecule has 2 aromatic rings. The van der Waals surface area contributed by atoms with Gasteiger partial charge in [-0.25, -0.2) is 9.97 Å². The molecule has 2 aromatic heterocycles. The van der Waals surface area contributed by atoms with Crippen LogP contribution in [0.15, 0.2) is 6.20 Å². The van der Waals surface area contributed by atoms with Crippen molar-refractivity contribution in [3.05, 3.63) is 12.0 Å². The third-order valence-electron chi connectivity index (χ3n) is 3.03. The van der Waals surface area contributed by atoms with Gasteiger partial charge in [0.15, 0.2) is 5.65 Å². The van der Waals surface area contributed by atoms with E-state index in [9.17, 15) is 5.11 Å². The highest BCUT2D eigenvalue weighted by Gasteiger charge is 2.30. The summed E-state index contributed by atoms with van der Waals surface area (Å²) in [6, 6.07) is 0.187. The normalized spacial score (nSPS) is 20.1. The Balaban J connectivity index is 2.11. The first-order valence-corrected chi connectivity index (χ1v) is 5.35. The van der Waals surface area contributed by atoms with Crippen molar-refractivity contribution in [1.82, 2.24) is 20.2 Å². The van der Waals surface area contributed by atoms with E-state index < -0.39 is 0 Å². The fourth-order valence-electron chi connectivity index (χ4n) is 2.06. The summed E-state index contributed by atoms with van der Waals surface area (Å²) >= 11 is 0. The molecule has 0 spiro atoms. The molecule has 0 aliphatic carbocycles. The number of fused-ring (bicyclic) bond motifs is 1. The van der Waals surface area contributed by atoms with E-state index in [-0.39, 0.29) is 12.6 Å². The molecule has 2 N–H and O–H groups in total. The summed E-state index contributed by atoms with van der Waals surface area (Å²) in [4.78, 5) is 10.8. The molecule has 0 radical (unpaired) electrons. The first-order valence-electron chi connectivity index (χ1n) is 5.35. The molecule has 3 rings (SSSR count). The molecule has 1 aliphatic heterocycles. The zero-order valence-corrected chi connectivity index (χ0v) is 9.01. The number of H-pyrrole nitrogens is 1. The summed E-state index contributed by atoms with van der Waals surface area (Å²) in [7, 11) is 0. The molecule has 3 heterocycles. The van der Waals surface area contributed by atoms with Gasteiger partial charge in [0.1, 0.15) is 11.6 Å². The summed E-state index contributed by atoms with van der Waals surface area (Å²) in [5.41, 5.74) is 0.756. The van der Waals surface area contributed by atoms with Gasteiger partial charge < -0.3 is 10.0 Å². The van der Waals surface area contributed by atoms with Gasteiger partial charge in [-0.1, -0.05) is 0 Å². The SMILES string of the molecule is Cc1nc(N2CCC2CO)c2cn[nH]c2n1. The second kappa shape index (κ2) is 3.41. The Labute approximate surface area is 92.3 Å². The van der Waals surface area contributed by atoms with Crippen LogP contribution in [0.2, 0.25) is 0 Å². The predicted octanol–water partition coefficient (Wildman–Crippen LogP) is 0.232. The maximum atomic E-state index is 9.20. The van der Waals surface area contributed by atoms with Gasteiger partial charge >= 0.3 is 0 Å². The molecule has 0 amide bonds. The van der Waals surface area contributed by atoms with Gasteiger partial charge in [0, 0.05) is 6.54 Å². The van der Waals surface area contributed by atoms with Crippen molar-refractivity contribution in [2.75, 3.05) is 18.1 Å². The molecule has 1 saturated heterocycles. The van der Waals surface area contributed by atoms with Crippen LogP contribution >= 0.6 is 0 Å². The average Bonchev–Trinajstić information content (AvgIpc) is 2.64. The predicted molar refractivity (Wildman–Crippen MR) is 59.3 cm³/mol. The molecule has 1 aliphatic rings. The van der Waals surface area contributed by atoms with Crippen molar-refractivity contribution in [3.63, 3.8) is 0 Å². The van der Waals surface area contributed by atoms with Crippen molar-refractivity contribution >= 4 is 16.9 Å². The van der Waals surface area contributed by atoms with E-state index in [1.165, 1.54) is 0 Å². The van der Waals surface area contributed by atoms with Crippen molar-refractivity contribution in [1.29, 1.82) is 0 Å². The van der Waals surface area contributed by atoms with E-state index in [2.05, 4.69) is 25.1 Å². The number of hydrogen-bond acceptors (Lipinski definition) is 5. The zero-order chi connectivity index (χ0) is 11.1. The molecule has 1 fully saturated rings. The maximum Gasteiger partial charge on any atom is 0.161 e. The van der Waals surface area contributed by atoms with E-state index in [0.717, 1.165) is 35.6 Å². The van der Waals surface area contributed by atoms with E-state index in [1.54, 1.807) is 6.20 Å². The smallest absolute Gasteiger partial charge is 0.161 e. The van der Waals surface area contributed by atoms with Crippen LogP contribution in [0.5, 0.6) is 0 Å². The van der Waals surface area contributed by atoms with Crippen LogP contribution in [0.1, 0.15) is 12.2 Å². The van der Waals surface area contributed by atoms with Crippen LogP contribution in [0.25, 0.3) is 11.0 Å². The highest BCUT2D eigenvalue weighted by molar-refractivity contribution is 5.87. The number of aryl methyl sites for hydroxylation is 1. The van der Waals surface area contributed by atoms with Gasteiger partial charge in [-0.05, 0) is 13.3 Å². The highest BCUT2D eigenvalue weighted by atomic mass is 16.3. The Morgan fingerprint density at radius 1 is 1.56 bits per heavy atom. The summed E-state index contributed by atoms with van der Waals surface area (Å²) in [6.07, 6.45) is 2.75. The van der Waals surface area contributed by atoms with Crippen LogP contribution in [-0.4, -0.2) is 44.5 Å². The molecule has 6 heteroatoms. The van der Waals surface area contributed by atoms with Crippen molar-refractivity contribution in [2.24, 2.45) is 0 Å². The van der Waals surface area contributed by atoms with Crippen LogP contribution in [0.4, 0.5) is 5.82 Å². The number of nitrogens with one attached hydrogen (secondary N) is 1. The molecule has 0 saturated carbocycles. The van der Waals surface area contributed by atoms with Gasteiger partial charge in [-0.15, -0.1) is 0 Å². The highest BCUT2D eigenvalue weighted by Crippen LogP contribution is 2.29. The number of nitrogens with zero attached hydrogens (tertiary/aromatic N) is 4. The van der Waals surface area contributed by atoms with Gasteiger partial charge in [0.25, 0.3) is 0 Å². The van der Waals surface area contributed by atoms with Gasteiger partial charge in [-0.3, -0.25) is 5.10 Å². The Bertz CT molecular complexity index is 521. The molecular weight excluding hydrogens is 206 g/mol. The lowest BCUT2D eigenvalue weighted by atomic mass is 10.0. The van der Waals surface area contributed by atoms with Gasteiger partial charge in [0.2, 0.25) is 0 Å². The number of hydrogen-bond donors (Lipinski definition) is 2. The number of aromatic amines is 1. The number of aliphatic hydroxyl groups excluding tert-OH is 1. The molecule has 0 aromatic carbocycles. The van der Waals surface area contributed by atoms with Crippen LogP contribution in [-0.2, 0) is 0 Å². The third kappa shape index (κ3) is 1.26. The summed E-state index contributed by atoms with van der Waals surface area (Å²) < 4.78 is 0. The standard InChI is InChI=1S/C10H13N5O/c1-6-12-9-8(4-11-14-9)10(13-6)15-3-2-7(15)5-16/h4,7,16H,2-3,5H2,1H3,(H,11,12,13,14). The minimum Gasteiger partial charge on any atom is -0.394 e. The number of aromatic nitrogens is 4. The fourth-order valence-corrected chi connectivity index (χ4v) is 2.06. The summed E-state index contributed by atoms with van der Waals surface area (Å²) in [5, 5.41) is 16.9. The van der Waals surface area contributed by atoms with Crippen molar-refractivity contribution in [3.8, 4) is 0 Å². The second-order valence-corrected chi connectivity index (χ2v) is 4.05. The molecular formula is C10H13N5O. The molecule has 16 heavy (non-hydrogen) atoms. The first-order chi connectivity index (χ1) is 7.79. The Kier molecular flexibility index (Phi) is 2.03. The summed E-state index contributed by atoms with van der Waals surface area (Å²) in [6.45, 7) is 2.96. The lowest BCUT2D eigenvalue weighted by molar-refractivity contribution is 0.226. The molecule has 0 bridgehead atoms. The Morgan fingerprint density at radius 2 is 2.44 bits per heavy atom. The van der Waals surface area contributed by atoms with Gasteiger partial charge in [-0.2, -0.15) is 5.10 Å². The van der Waals surface area contributed by atoms with Crippen LogP contribution in [0.3, 0.4) is 0 Å². The average molecular weight is 219 g/mol. The van der Waals surface area contributed by atoms with E-state index in [1.807, 2.05) is 6.92 Å². The minimum atomic E-state index is 0.169. The number of aliphatic hydroxyl groups is 1. The quantitative estimate of drug-likeness (QED) is 0.756. The van der Waals surface area contributed by atoms with E-state index >= 15 is 0 Å². The minimum absolute atomic E-state index is 0.169. The lowest BCUT2D eigenvalue weighted by Crippen LogP contribution is -2.50. The first kappa shape index (κ1) is 9.53. The lowest BCUT2D eigenvalue weighted by Gasteiger charge is -2.41.